The number of hydrogen-bond acceptors (Lipinski definition) is 4. The summed E-state index contributed by atoms with van der Waals surface area (Å²) in [6.45, 7) is 4.05. The molecule has 1 amide bonds. The normalized spacial score (nSPS) is 11.0. The molecule has 0 aliphatic carbocycles. The highest BCUT2D eigenvalue weighted by Crippen LogP contribution is 2.20. The summed E-state index contributed by atoms with van der Waals surface area (Å²) in [6, 6.07) is 11.9. The van der Waals surface area contributed by atoms with Crippen molar-refractivity contribution in [2.24, 2.45) is 0 Å². The smallest absolute Gasteiger partial charge is 0.248 e. The van der Waals surface area contributed by atoms with Gasteiger partial charge in [0.25, 0.3) is 0 Å². The lowest BCUT2D eigenvalue weighted by Crippen LogP contribution is -2.21. The molecule has 8 heteroatoms. The van der Waals surface area contributed by atoms with E-state index in [4.69, 9.17) is 11.6 Å². The second-order valence-corrected chi connectivity index (χ2v) is 6.53. The van der Waals surface area contributed by atoms with Crippen LogP contribution in [0.25, 0.3) is 11.4 Å². The first-order valence-electron chi connectivity index (χ1n) is 8.05. The van der Waals surface area contributed by atoms with E-state index >= 15 is 0 Å². The molecular formula is C18H17ClFN5O. The van der Waals surface area contributed by atoms with Crippen LogP contribution in [-0.2, 0) is 11.3 Å². The maximum atomic E-state index is 13.7. The molecule has 3 aromatic rings. The number of hydrogen-bond donors (Lipinski definition) is 1. The number of nitrogens with one attached hydrogen (secondary N) is 1. The van der Waals surface area contributed by atoms with Gasteiger partial charge in [-0.05, 0) is 34.9 Å². The molecule has 0 radical (unpaired) electrons. The Labute approximate surface area is 155 Å². The molecule has 1 aromatic heterocycles. The molecule has 0 fully saturated rings. The lowest BCUT2D eigenvalue weighted by molar-refractivity contribution is -0.117. The van der Waals surface area contributed by atoms with E-state index in [0.29, 0.717) is 11.7 Å². The van der Waals surface area contributed by atoms with Gasteiger partial charge in [0.15, 0.2) is 0 Å². The van der Waals surface area contributed by atoms with Crippen molar-refractivity contribution in [3.05, 3.63) is 58.9 Å². The van der Waals surface area contributed by atoms with Gasteiger partial charge in [-0.3, -0.25) is 4.79 Å². The van der Waals surface area contributed by atoms with Crippen LogP contribution in [-0.4, -0.2) is 26.1 Å². The minimum absolute atomic E-state index is 0.0454. The van der Waals surface area contributed by atoms with Crippen LogP contribution in [0.1, 0.15) is 25.3 Å². The zero-order chi connectivity index (χ0) is 18.7. The Morgan fingerprint density at radius 2 is 1.96 bits per heavy atom. The van der Waals surface area contributed by atoms with Crippen molar-refractivity contribution >= 4 is 23.2 Å². The first-order chi connectivity index (χ1) is 12.4. The van der Waals surface area contributed by atoms with E-state index in [2.05, 4.69) is 34.6 Å². The van der Waals surface area contributed by atoms with Gasteiger partial charge in [-0.2, -0.15) is 4.80 Å². The van der Waals surface area contributed by atoms with Crippen molar-refractivity contribution in [3.63, 3.8) is 0 Å². The third-order valence-electron chi connectivity index (χ3n) is 3.78. The Morgan fingerprint density at radius 3 is 2.62 bits per heavy atom. The van der Waals surface area contributed by atoms with E-state index in [1.54, 1.807) is 0 Å². The number of benzene rings is 2. The Bertz CT molecular complexity index is 924. The van der Waals surface area contributed by atoms with Crippen molar-refractivity contribution in [2.75, 3.05) is 5.32 Å². The fourth-order valence-electron chi connectivity index (χ4n) is 2.35. The fourth-order valence-corrected chi connectivity index (χ4v) is 2.51. The van der Waals surface area contributed by atoms with Crippen LogP contribution in [0.3, 0.4) is 0 Å². The molecule has 0 aliphatic heterocycles. The van der Waals surface area contributed by atoms with Gasteiger partial charge in [0.05, 0.1) is 5.69 Å². The SMILES string of the molecule is CC(C)c1ccc(-c2nnn(CC(=O)Nc3ccc(Cl)cc3F)n2)cc1. The number of carbonyl (C=O) groups is 1. The number of tetrazole rings is 1. The molecule has 2 aromatic carbocycles. The zero-order valence-electron chi connectivity index (χ0n) is 14.3. The van der Waals surface area contributed by atoms with Gasteiger partial charge in [0.2, 0.25) is 11.7 Å². The van der Waals surface area contributed by atoms with Gasteiger partial charge in [0, 0.05) is 10.6 Å². The third-order valence-corrected chi connectivity index (χ3v) is 4.01. The molecule has 3 rings (SSSR count). The molecule has 0 spiro atoms. The highest BCUT2D eigenvalue weighted by atomic mass is 35.5. The number of aromatic nitrogens is 4. The fraction of sp³-hybridized carbons (Fsp3) is 0.222. The van der Waals surface area contributed by atoms with Gasteiger partial charge < -0.3 is 5.32 Å². The Kier molecular flexibility index (Phi) is 5.27. The first kappa shape index (κ1) is 18.0. The van der Waals surface area contributed by atoms with Crippen LogP contribution in [0, 0.1) is 5.82 Å². The number of amides is 1. The van der Waals surface area contributed by atoms with Gasteiger partial charge in [-0.1, -0.05) is 49.7 Å². The van der Waals surface area contributed by atoms with Crippen LogP contribution in [0.15, 0.2) is 42.5 Å². The molecule has 0 bridgehead atoms. The molecule has 0 atom stereocenters. The molecule has 0 aliphatic rings. The van der Waals surface area contributed by atoms with E-state index in [-0.39, 0.29) is 17.3 Å². The molecule has 1 heterocycles. The van der Waals surface area contributed by atoms with Crippen molar-refractivity contribution in [1.82, 2.24) is 20.2 Å². The molecule has 0 saturated carbocycles. The molecule has 26 heavy (non-hydrogen) atoms. The average Bonchev–Trinajstić information content (AvgIpc) is 3.06. The summed E-state index contributed by atoms with van der Waals surface area (Å²) in [7, 11) is 0. The summed E-state index contributed by atoms with van der Waals surface area (Å²) >= 11 is 5.69. The number of rotatable bonds is 5. The minimum Gasteiger partial charge on any atom is -0.322 e. The van der Waals surface area contributed by atoms with Crippen molar-refractivity contribution in [3.8, 4) is 11.4 Å². The maximum Gasteiger partial charge on any atom is 0.248 e. The highest BCUT2D eigenvalue weighted by molar-refractivity contribution is 6.30. The molecular weight excluding hydrogens is 357 g/mol. The van der Waals surface area contributed by atoms with Crippen molar-refractivity contribution in [2.45, 2.75) is 26.3 Å². The Hall–Kier alpha value is -2.80. The number of anilines is 1. The molecule has 0 unspecified atom stereocenters. The predicted octanol–water partition coefficient (Wildman–Crippen LogP) is 3.89. The zero-order valence-corrected chi connectivity index (χ0v) is 15.0. The van der Waals surface area contributed by atoms with E-state index in [9.17, 15) is 9.18 Å². The van der Waals surface area contributed by atoms with Crippen LogP contribution in [0.5, 0.6) is 0 Å². The van der Waals surface area contributed by atoms with E-state index in [0.717, 1.165) is 16.4 Å². The number of carbonyl (C=O) groups excluding carboxylic acids is 1. The summed E-state index contributed by atoms with van der Waals surface area (Å²) in [5.41, 5.74) is 2.07. The minimum atomic E-state index is -0.608. The Balaban J connectivity index is 1.67. The lowest BCUT2D eigenvalue weighted by Gasteiger charge is -2.06. The largest absolute Gasteiger partial charge is 0.322 e. The standard InChI is InChI=1S/C18H17ClFN5O/c1-11(2)12-3-5-13(6-4-12)18-22-24-25(23-18)10-17(26)21-16-8-7-14(19)9-15(16)20/h3-9,11H,10H2,1-2H3,(H,21,26). The monoisotopic (exact) mass is 373 g/mol. The maximum absolute atomic E-state index is 13.7. The van der Waals surface area contributed by atoms with Gasteiger partial charge in [-0.25, -0.2) is 4.39 Å². The average molecular weight is 374 g/mol. The van der Waals surface area contributed by atoms with Crippen LogP contribution < -0.4 is 5.32 Å². The van der Waals surface area contributed by atoms with Crippen molar-refractivity contribution in [1.29, 1.82) is 0 Å². The van der Waals surface area contributed by atoms with Crippen LogP contribution >= 0.6 is 11.6 Å². The molecule has 0 saturated heterocycles. The summed E-state index contributed by atoms with van der Waals surface area (Å²) in [6.07, 6.45) is 0. The first-order valence-corrected chi connectivity index (χ1v) is 8.43. The van der Waals surface area contributed by atoms with E-state index < -0.39 is 11.7 Å². The lowest BCUT2D eigenvalue weighted by atomic mass is 10.0. The van der Waals surface area contributed by atoms with Crippen molar-refractivity contribution < 1.29 is 9.18 Å². The third kappa shape index (κ3) is 4.23. The van der Waals surface area contributed by atoms with Crippen LogP contribution in [0.2, 0.25) is 5.02 Å². The topological polar surface area (TPSA) is 72.7 Å². The second-order valence-electron chi connectivity index (χ2n) is 6.09. The molecule has 6 nitrogen and oxygen atoms in total. The highest BCUT2D eigenvalue weighted by Gasteiger charge is 2.12. The van der Waals surface area contributed by atoms with Crippen LogP contribution in [0.4, 0.5) is 10.1 Å². The number of halogens is 2. The molecule has 1 N–H and O–H groups in total. The van der Waals surface area contributed by atoms with E-state index in [1.165, 1.54) is 17.7 Å². The number of nitrogens with zero attached hydrogens (tertiary/aromatic N) is 4. The van der Waals surface area contributed by atoms with Gasteiger partial charge in [-0.15, -0.1) is 10.2 Å². The van der Waals surface area contributed by atoms with Gasteiger partial charge >= 0.3 is 0 Å². The van der Waals surface area contributed by atoms with E-state index in [1.807, 2.05) is 24.3 Å². The summed E-state index contributed by atoms with van der Waals surface area (Å²) in [5, 5.41) is 14.7. The summed E-state index contributed by atoms with van der Waals surface area (Å²) in [5.74, 6) is -0.218. The summed E-state index contributed by atoms with van der Waals surface area (Å²) < 4.78 is 13.7. The quantitative estimate of drug-likeness (QED) is 0.736. The second kappa shape index (κ2) is 7.61. The predicted molar refractivity (Wildman–Crippen MR) is 97.4 cm³/mol. The van der Waals surface area contributed by atoms with Gasteiger partial charge in [0.1, 0.15) is 12.4 Å². The summed E-state index contributed by atoms with van der Waals surface area (Å²) in [4.78, 5) is 13.2. The molecule has 134 valence electrons. The Morgan fingerprint density at radius 1 is 1.23 bits per heavy atom.